The van der Waals surface area contributed by atoms with Crippen molar-refractivity contribution in [3.8, 4) is 0 Å². The molecule has 0 saturated heterocycles. The quantitative estimate of drug-likeness (QED) is 0.132. The van der Waals surface area contributed by atoms with Crippen LogP contribution >= 0.6 is 0 Å². The minimum absolute atomic E-state index is 0.00856. The summed E-state index contributed by atoms with van der Waals surface area (Å²) in [6, 6.07) is 0. The van der Waals surface area contributed by atoms with Crippen molar-refractivity contribution in [3.05, 3.63) is 36.0 Å². The van der Waals surface area contributed by atoms with Gasteiger partial charge < -0.3 is 14.2 Å². The molecule has 0 amide bonds. The molecule has 5 aliphatic carbocycles. The van der Waals surface area contributed by atoms with Gasteiger partial charge in [-0.05, 0) is 111 Å². The van der Waals surface area contributed by atoms with Crippen LogP contribution in [0.5, 0.6) is 0 Å². The number of hydrogen-bond donors (Lipinski definition) is 0. The molecule has 9 atom stereocenters. The zero-order valence-corrected chi connectivity index (χ0v) is 29.6. The summed E-state index contributed by atoms with van der Waals surface area (Å²) in [5.41, 5.74) is 0.663. The summed E-state index contributed by atoms with van der Waals surface area (Å²) in [5, 5.41) is 0. The first-order chi connectivity index (χ1) is 21.0. The SMILES string of the molecule is C/C=C/C(=O)O[C@@H]1C[C@@]2(C)C(CC[C@]3(C)C2CC=C2C4CC(C)(C)CC[C@]4(C(=O)OC)CC[C@]23C)C(C)(C)[C@H]1OC(=O)/C=C/C. The molecule has 4 saturated carbocycles. The Balaban J connectivity index is 1.58. The van der Waals surface area contributed by atoms with Crippen molar-refractivity contribution in [3.63, 3.8) is 0 Å². The maximum atomic E-state index is 13.6. The number of carbonyl (C=O) groups is 3. The van der Waals surface area contributed by atoms with Gasteiger partial charge in [0.2, 0.25) is 0 Å². The molecule has 0 radical (unpaired) electrons. The van der Waals surface area contributed by atoms with Gasteiger partial charge in [-0.25, -0.2) is 9.59 Å². The van der Waals surface area contributed by atoms with E-state index < -0.39 is 35.0 Å². The van der Waals surface area contributed by atoms with E-state index in [1.807, 2.05) is 0 Å². The topological polar surface area (TPSA) is 78.9 Å². The summed E-state index contributed by atoms with van der Waals surface area (Å²) in [7, 11) is 1.56. The third-order valence-electron chi connectivity index (χ3n) is 14.2. The largest absolute Gasteiger partial charge is 0.469 e. The molecule has 45 heavy (non-hydrogen) atoms. The number of methoxy groups -OCH3 is 1. The molecule has 6 nitrogen and oxygen atoms in total. The Labute approximate surface area is 271 Å². The van der Waals surface area contributed by atoms with Gasteiger partial charge in [0.15, 0.2) is 0 Å². The highest BCUT2D eigenvalue weighted by molar-refractivity contribution is 5.83. The lowest BCUT2D eigenvalue weighted by atomic mass is 9.33. The van der Waals surface area contributed by atoms with Crippen LogP contribution in [0, 0.1) is 50.2 Å². The molecule has 0 spiro atoms. The Bertz CT molecular complexity index is 1300. The number of esters is 3. The Morgan fingerprint density at radius 3 is 2.04 bits per heavy atom. The summed E-state index contributed by atoms with van der Waals surface area (Å²) < 4.78 is 17.8. The van der Waals surface area contributed by atoms with Crippen LogP contribution in [0.2, 0.25) is 0 Å². The summed E-state index contributed by atoms with van der Waals surface area (Å²) in [5.74, 6) is 0.0318. The predicted molar refractivity (Wildman–Crippen MR) is 176 cm³/mol. The molecule has 5 aliphatic rings. The Kier molecular flexibility index (Phi) is 8.61. The van der Waals surface area contributed by atoms with Crippen LogP contribution in [-0.4, -0.2) is 37.2 Å². The minimum atomic E-state index is -0.544. The van der Waals surface area contributed by atoms with Gasteiger partial charge >= 0.3 is 17.9 Å². The van der Waals surface area contributed by atoms with Crippen molar-refractivity contribution in [2.75, 3.05) is 7.11 Å². The van der Waals surface area contributed by atoms with E-state index in [2.05, 4.69) is 54.5 Å². The summed E-state index contributed by atoms with van der Waals surface area (Å²) in [4.78, 5) is 39.3. The lowest BCUT2D eigenvalue weighted by Crippen LogP contribution is -2.67. The van der Waals surface area contributed by atoms with Crippen molar-refractivity contribution >= 4 is 17.9 Å². The molecular weight excluding hydrogens is 564 g/mol. The van der Waals surface area contributed by atoms with E-state index in [4.69, 9.17) is 14.2 Å². The van der Waals surface area contributed by atoms with Gasteiger partial charge in [0.25, 0.3) is 0 Å². The lowest BCUT2D eigenvalue weighted by molar-refractivity contribution is -0.242. The van der Waals surface area contributed by atoms with Gasteiger partial charge in [-0.15, -0.1) is 0 Å². The molecule has 3 unspecified atom stereocenters. The van der Waals surface area contributed by atoms with Crippen molar-refractivity contribution in [2.45, 2.75) is 132 Å². The van der Waals surface area contributed by atoms with Gasteiger partial charge in [0.1, 0.15) is 12.2 Å². The molecule has 4 fully saturated rings. The van der Waals surface area contributed by atoms with Crippen LogP contribution in [-0.2, 0) is 28.6 Å². The smallest absolute Gasteiger partial charge is 0.330 e. The number of rotatable bonds is 5. The molecule has 0 N–H and O–H groups in total. The Hall–Kier alpha value is -2.37. The molecule has 0 heterocycles. The van der Waals surface area contributed by atoms with Gasteiger partial charge in [-0.1, -0.05) is 72.3 Å². The zero-order valence-electron chi connectivity index (χ0n) is 29.6. The molecule has 5 rings (SSSR count). The summed E-state index contributed by atoms with van der Waals surface area (Å²) in [6.45, 7) is 20.2. The van der Waals surface area contributed by atoms with Gasteiger partial charge in [0.05, 0.1) is 12.5 Å². The fraction of sp³-hybridized carbons (Fsp3) is 0.769. The van der Waals surface area contributed by atoms with E-state index >= 15 is 0 Å². The summed E-state index contributed by atoms with van der Waals surface area (Å²) in [6.07, 6.45) is 16.2. The van der Waals surface area contributed by atoms with Crippen LogP contribution in [0.3, 0.4) is 0 Å². The molecule has 0 aromatic rings. The van der Waals surface area contributed by atoms with E-state index in [0.29, 0.717) is 12.3 Å². The van der Waals surface area contributed by atoms with Gasteiger partial charge in [-0.3, -0.25) is 4.79 Å². The van der Waals surface area contributed by atoms with Crippen LogP contribution in [0.25, 0.3) is 0 Å². The molecule has 250 valence electrons. The summed E-state index contributed by atoms with van der Waals surface area (Å²) >= 11 is 0. The van der Waals surface area contributed by atoms with Crippen molar-refractivity contribution in [2.24, 2.45) is 50.2 Å². The highest BCUT2D eigenvalue weighted by Gasteiger charge is 2.71. The average molecular weight is 623 g/mol. The number of ether oxygens (including phenoxy) is 3. The third-order valence-corrected chi connectivity index (χ3v) is 14.2. The normalized spacial score (nSPS) is 43.2. The number of carbonyl (C=O) groups excluding carboxylic acids is 3. The Morgan fingerprint density at radius 1 is 0.800 bits per heavy atom. The van der Waals surface area contributed by atoms with Crippen LogP contribution in [0.15, 0.2) is 36.0 Å². The second-order valence-electron chi connectivity index (χ2n) is 17.2. The number of fused-ring (bicyclic) bond motifs is 7. The molecule has 0 aromatic carbocycles. The van der Waals surface area contributed by atoms with Crippen LogP contribution < -0.4 is 0 Å². The fourth-order valence-electron chi connectivity index (χ4n) is 11.9. The second-order valence-corrected chi connectivity index (χ2v) is 17.2. The molecular formula is C39H58O6. The average Bonchev–Trinajstić information content (AvgIpc) is 2.95. The van der Waals surface area contributed by atoms with Crippen LogP contribution in [0.1, 0.15) is 120 Å². The van der Waals surface area contributed by atoms with E-state index in [1.54, 1.807) is 33.1 Å². The second kappa shape index (κ2) is 11.4. The lowest BCUT2D eigenvalue weighted by Gasteiger charge is -2.71. The molecule has 0 aliphatic heterocycles. The Morgan fingerprint density at radius 2 is 1.42 bits per heavy atom. The van der Waals surface area contributed by atoms with Crippen molar-refractivity contribution in [1.29, 1.82) is 0 Å². The highest BCUT2D eigenvalue weighted by Crippen LogP contribution is 2.76. The fourth-order valence-corrected chi connectivity index (χ4v) is 11.9. The van der Waals surface area contributed by atoms with E-state index in [1.165, 1.54) is 17.7 Å². The third kappa shape index (κ3) is 5.06. The number of hydrogen-bond acceptors (Lipinski definition) is 6. The predicted octanol–water partition coefficient (Wildman–Crippen LogP) is 8.55. The van der Waals surface area contributed by atoms with Crippen molar-refractivity contribution < 1.29 is 28.6 Å². The molecule has 6 heteroatoms. The minimum Gasteiger partial charge on any atom is -0.469 e. The standard InChI is InChI=1S/C39H58O6/c1-11-13-30(40)44-27-24-36(7)28(35(5,6)32(27)45-31(41)14-12-2)17-18-38(9)29(36)16-15-25-26-23-34(3,4)19-21-39(26,33(42)43-10)22-20-37(25,38)8/h11-15,26-29,32H,16-24H2,1-10H3/b13-11+,14-12+/t26?,27-,28?,29?,32+,36+,37-,38-,39+/m1/s1. The maximum Gasteiger partial charge on any atom is 0.330 e. The van der Waals surface area contributed by atoms with E-state index in [0.717, 1.165) is 51.4 Å². The van der Waals surface area contributed by atoms with Gasteiger partial charge in [-0.2, -0.15) is 0 Å². The zero-order chi connectivity index (χ0) is 33.2. The number of allylic oxidation sites excluding steroid dienone is 4. The maximum absolute atomic E-state index is 13.6. The molecule has 0 bridgehead atoms. The first-order valence-electron chi connectivity index (χ1n) is 17.4. The highest BCUT2D eigenvalue weighted by atomic mass is 16.6. The monoisotopic (exact) mass is 622 g/mol. The first kappa shape index (κ1) is 34.0. The first-order valence-corrected chi connectivity index (χ1v) is 17.4. The van der Waals surface area contributed by atoms with Crippen LogP contribution in [0.4, 0.5) is 0 Å². The molecule has 0 aromatic heterocycles. The van der Waals surface area contributed by atoms with E-state index in [9.17, 15) is 14.4 Å². The van der Waals surface area contributed by atoms with E-state index in [-0.39, 0.29) is 39.5 Å². The van der Waals surface area contributed by atoms with Gasteiger partial charge in [0, 0.05) is 17.6 Å². The van der Waals surface area contributed by atoms with Crippen molar-refractivity contribution in [1.82, 2.24) is 0 Å².